The number of nitrogens with zero attached hydrogens (tertiary/aromatic N) is 2. The topological polar surface area (TPSA) is 46.4 Å². The summed E-state index contributed by atoms with van der Waals surface area (Å²) in [5.41, 5.74) is 1.10. The summed E-state index contributed by atoms with van der Waals surface area (Å²) in [6.45, 7) is 1.74. The van der Waals surface area contributed by atoms with Crippen molar-refractivity contribution in [3.63, 3.8) is 0 Å². The summed E-state index contributed by atoms with van der Waals surface area (Å²) in [5, 5.41) is 10.8. The lowest BCUT2D eigenvalue weighted by atomic mass is 10.2. The minimum absolute atomic E-state index is 0.130. The molecule has 1 rings (SSSR count). The molecule has 6 heteroatoms. The van der Waals surface area contributed by atoms with Crippen molar-refractivity contribution in [2.45, 2.75) is 13.0 Å². The van der Waals surface area contributed by atoms with Crippen LogP contribution in [-0.4, -0.2) is 35.4 Å². The van der Waals surface area contributed by atoms with Gasteiger partial charge in [-0.15, -0.1) is 0 Å². The number of benzene rings is 1. The van der Waals surface area contributed by atoms with Crippen molar-refractivity contribution in [3.8, 4) is 0 Å². The quantitative estimate of drug-likeness (QED) is 0.435. The third-order valence-corrected chi connectivity index (χ3v) is 3.92. The summed E-state index contributed by atoms with van der Waals surface area (Å²) < 4.78 is 0.529. The van der Waals surface area contributed by atoms with E-state index >= 15 is 0 Å². The molecule has 0 N–H and O–H groups in total. The Balaban J connectivity index is 2.62. The molecule has 0 aliphatic heterocycles. The summed E-state index contributed by atoms with van der Waals surface area (Å²) in [4.78, 5) is 12.7. The van der Waals surface area contributed by atoms with E-state index in [2.05, 4.69) is 27.1 Å². The lowest BCUT2D eigenvalue weighted by Crippen LogP contribution is -2.19. The van der Waals surface area contributed by atoms with E-state index in [9.17, 15) is 10.1 Å². The molecule has 0 amide bonds. The molecule has 100 valence electrons. The van der Waals surface area contributed by atoms with E-state index in [1.165, 1.54) is 0 Å². The molecule has 0 aliphatic rings. The molecule has 0 radical (unpaired) electrons. The second-order valence-corrected chi connectivity index (χ2v) is 5.97. The van der Waals surface area contributed by atoms with Crippen LogP contribution in [-0.2, 0) is 6.54 Å². The van der Waals surface area contributed by atoms with Crippen molar-refractivity contribution in [1.82, 2.24) is 4.90 Å². The number of thioether (sulfide) groups is 1. The minimum Gasteiger partial charge on any atom is -0.302 e. The second kappa shape index (κ2) is 7.76. The van der Waals surface area contributed by atoms with Gasteiger partial charge in [-0.3, -0.25) is 10.1 Å². The summed E-state index contributed by atoms with van der Waals surface area (Å²) in [6, 6.07) is 5.29. The van der Waals surface area contributed by atoms with Gasteiger partial charge in [0.05, 0.1) is 9.40 Å². The summed E-state index contributed by atoms with van der Waals surface area (Å²) in [6.07, 6.45) is 3.23. The normalized spacial score (nSPS) is 10.9. The highest BCUT2D eigenvalue weighted by molar-refractivity contribution is 9.10. The highest BCUT2D eigenvalue weighted by atomic mass is 79.9. The fourth-order valence-corrected chi connectivity index (χ4v) is 2.48. The van der Waals surface area contributed by atoms with Gasteiger partial charge in [0.2, 0.25) is 0 Å². The van der Waals surface area contributed by atoms with Crippen LogP contribution in [0.15, 0.2) is 22.7 Å². The first kappa shape index (κ1) is 15.5. The maximum absolute atomic E-state index is 10.8. The maximum Gasteiger partial charge on any atom is 0.283 e. The van der Waals surface area contributed by atoms with E-state index < -0.39 is 0 Å². The van der Waals surface area contributed by atoms with Crippen LogP contribution in [0.4, 0.5) is 5.69 Å². The van der Waals surface area contributed by atoms with Crippen LogP contribution in [0.3, 0.4) is 0 Å². The minimum atomic E-state index is -0.360. The first-order valence-corrected chi connectivity index (χ1v) is 7.83. The van der Waals surface area contributed by atoms with Gasteiger partial charge in [-0.2, -0.15) is 11.8 Å². The van der Waals surface area contributed by atoms with Gasteiger partial charge in [0.1, 0.15) is 0 Å². The summed E-state index contributed by atoms with van der Waals surface area (Å²) in [5.74, 6) is 1.14. The first-order chi connectivity index (χ1) is 8.54. The second-order valence-electron chi connectivity index (χ2n) is 4.13. The third-order valence-electron chi connectivity index (χ3n) is 2.55. The molecule has 0 atom stereocenters. The number of hydrogen-bond acceptors (Lipinski definition) is 4. The average molecular weight is 333 g/mol. The van der Waals surface area contributed by atoms with Gasteiger partial charge in [0.15, 0.2) is 0 Å². The maximum atomic E-state index is 10.8. The Labute approximate surface area is 120 Å². The van der Waals surface area contributed by atoms with E-state index in [0.29, 0.717) is 4.47 Å². The van der Waals surface area contributed by atoms with Crippen LogP contribution in [0.5, 0.6) is 0 Å². The predicted molar refractivity (Wildman–Crippen MR) is 80.1 cm³/mol. The molecular formula is C12H17BrN2O2S. The van der Waals surface area contributed by atoms with Gasteiger partial charge in [-0.05, 0) is 59.6 Å². The zero-order valence-electron chi connectivity index (χ0n) is 10.6. The molecule has 0 saturated carbocycles. The van der Waals surface area contributed by atoms with E-state index in [-0.39, 0.29) is 10.6 Å². The highest BCUT2D eigenvalue weighted by Gasteiger charge is 2.12. The van der Waals surface area contributed by atoms with Crippen LogP contribution < -0.4 is 0 Å². The fourth-order valence-electron chi connectivity index (χ4n) is 1.67. The Bertz CT molecular complexity index is 415. The number of hydrogen-bond donors (Lipinski definition) is 0. The van der Waals surface area contributed by atoms with E-state index in [0.717, 1.165) is 30.8 Å². The van der Waals surface area contributed by atoms with Gasteiger partial charge in [0, 0.05) is 12.6 Å². The number of rotatable bonds is 7. The van der Waals surface area contributed by atoms with Crippen molar-refractivity contribution in [2.75, 3.05) is 25.6 Å². The number of nitro benzene ring substituents is 1. The Kier molecular flexibility index (Phi) is 6.67. The van der Waals surface area contributed by atoms with E-state index in [1.54, 1.807) is 12.1 Å². The Hall–Kier alpha value is -0.590. The predicted octanol–water partition coefficient (Wildman–Crippen LogP) is 3.54. The monoisotopic (exact) mass is 332 g/mol. The molecule has 1 aromatic rings. The Morgan fingerprint density at radius 1 is 1.50 bits per heavy atom. The Morgan fingerprint density at radius 2 is 2.22 bits per heavy atom. The lowest BCUT2D eigenvalue weighted by Gasteiger charge is -2.16. The molecule has 0 aliphatic carbocycles. The Morgan fingerprint density at radius 3 is 2.83 bits per heavy atom. The molecule has 0 saturated heterocycles. The van der Waals surface area contributed by atoms with Crippen molar-refractivity contribution < 1.29 is 4.92 Å². The standard InChI is InChI=1S/C12H17BrN2O2S/c1-14(6-3-7-18-2)9-10-4-5-11(13)12(8-10)15(16)17/h4-5,8H,3,6-7,9H2,1-2H3. The third kappa shape index (κ3) is 4.96. The average Bonchev–Trinajstić information content (AvgIpc) is 2.31. The van der Waals surface area contributed by atoms with E-state index in [1.807, 2.05) is 24.9 Å². The van der Waals surface area contributed by atoms with Crippen LogP contribution >= 0.6 is 27.7 Å². The molecule has 0 heterocycles. The smallest absolute Gasteiger partial charge is 0.283 e. The van der Waals surface area contributed by atoms with Crippen molar-refractivity contribution in [3.05, 3.63) is 38.3 Å². The molecular weight excluding hydrogens is 316 g/mol. The highest BCUT2D eigenvalue weighted by Crippen LogP contribution is 2.26. The molecule has 0 fully saturated rings. The van der Waals surface area contributed by atoms with Gasteiger partial charge in [-0.1, -0.05) is 6.07 Å². The molecule has 0 spiro atoms. The van der Waals surface area contributed by atoms with Crippen LogP contribution in [0.25, 0.3) is 0 Å². The SMILES string of the molecule is CSCCCN(C)Cc1ccc(Br)c([N+](=O)[O-])c1. The molecule has 0 aromatic heterocycles. The van der Waals surface area contributed by atoms with Gasteiger partial charge in [0.25, 0.3) is 5.69 Å². The largest absolute Gasteiger partial charge is 0.302 e. The fraction of sp³-hybridized carbons (Fsp3) is 0.500. The van der Waals surface area contributed by atoms with Gasteiger partial charge >= 0.3 is 0 Å². The first-order valence-electron chi connectivity index (χ1n) is 5.65. The number of halogens is 1. The lowest BCUT2D eigenvalue weighted by molar-refractivity contribution is -0.385. The summed E-state index contributed by atoms with van der Waals surface area (Å²) in [7, 11) is 2.04. The van der Waals surface area contributed by atoms with Crippen molar-refractivity contribution >= 4 is 33.4 Å². The molecule has 4 nitrogen and oxygen atoms in total. The molecule has 1 aromatic carbocycles. The van der Waals surface area contributed by atoms with Crippen LogP contribution in [0, 0.1) is 10.1 Å². The molecule has 0 bridgehead atoms. The van der Waals surface area contributed by atoms with Gasteiger partial charge in [-0.25, -0.2) is 0 Å². The molecule has 18 heavy (non-hydrogen) atoms. The van der Waals surface area contributed by atoms with Crippen molar-refractivity contribution in [2.24, 2.45) is 0 Å². The van der Waals surface area contributed by atoms with Gasteiger partial charge < -0.3 is 4.90 Å². The van der Waals surface area contributed by atoms with Crippen LogP contribution in [0.1, 0.15) is 12.0 Å². The summed E-state index contributed by atoms with van der Waals surface area (Å²) >= 11 is 5.03. The zero-order valence-corrected chi connectivity index (χ0v) is 13.0. The van der Waals surface area contributed by atoms with Crippen LogP contribution in [0.2, 0.25) is 0 Å². The van der Waals surface area contributed by atoms with Crippen molar-refractivity contribution in [1.29, 1.82) is 0 Å². The molecule has 0 unspecified atom stereocenters. The van der Waals surface area contributed by atoms with E-state index in [4.69, 9.17) is 0 Å². The zero-order chi connectivity index (χ0) is 13.5. The number of nitro groups is 1.